The van der Waals surface area contributed by atoms with Crippen molar-refractivity contribution in [3.63, 3.8) is 0 Å². The summed E-state index contributed by atoms with van der Waals surface area (Å²) in [7, 11) is 0. The maximum absolute atomic E-state index is 14.1. The molecule has 1 aliphatic rings. The number of hydrogen-bond acceptors (Lipinski definition) is 4. The Balaban J connectivity index is 1.85. The van der Waals surface area contributed by atoms with E-state index in [0.29, 0.717) is 17.7 Å². The lowest BCUT2D eigenvalue weighted by Gasteiger charge is -2.24. The van der Waals surface area contributed by atoms with Gasteiger partial charge in [-0.1, -0.05) is 18.2 Å². The summed E-state index contributed by atoms with van der Waals surface area (Å²) in [6.07, 6.45) is 1.05. The van der Waals surface area contributed by atoms with Crippen LogP contribution >= 0.6 is 0 Å². The number of aliphatic hydroxyl groups is 1. The third-order valence-electron chi connectivity index (χ3n) is 4.90. The van der Waals surface area contributed by atoms with E-state index >= 15 is 0 Å². The average molecular weight is 379 g/mol. The Morgan fingerprint density at radius 3 is 2.68 bits per heavy atom. The maximum atomic E-state index is 14.1. The molecule has 4 rings (SSSR count). The lowest BCUT2D eigenvalue weighted by atomic mass is 9.94. The molecule has 2 atom stereocenters. The van der Waals surface area contributed by atoms with E-state index < -0.39 is 23.7 Å². The van der Waals surface area contributed by atoms with Crippen LogP contribution in [0.1, 0.15) is 33.9 Å². The molecule has 0 saturated heterocycles. The predicted octanol–water partition coefficient (Wildman–Crippen LogP) is 2.95. The number of hydrogen-bond donors (Lipinski definition) is 1. The van der Waals surface area contributed by atoms with Crippen LogP contribution in [0.2, 0.25) is 0 Å². The van der Waals surface area contributed by atoms with Gasteiger partial charge in [-0.2, -0.15) is 0 Å². The first-order chi connectivity index (χ1) is 13.6. The van der Waals surface area contributed by atoms with Gasteiger partial charge in [-0.3, -0.25) is 9.59 Å². The molecule has 1 N–H and O–H groups in total. The molecule has 0 radical (unpaired) electrons. The van der Waals surface area contributed by atoms with Gasteiger partial charge in [-0.05, 0) is 36.4 Å². The molecule has 1 aromatic heterocycles. The first-order valence-electron chi connectivity index (χ1n) is 8.97. The minimum atomic E-state index is -0.875. The fourth-order valence-electron chi connectivity index (χ4n) is 3.51. The second-order valence-electron chi connectivity index (χ2n) is 6.66. The van der Waals surface area contributed by atoms with Gasteiger partial charge in [-0.25, -0.2) is 4.39 Å². The van der Waals surface area contributed by atoms with Crippen molar-refractivity contribution in [2.75, 3.05) is 6.61 Å². The van der Waals surface area contributed by atoms with E-state index in [0.717, 1.165) is 0 Å². The van der Waals surface area contributed by atoms with Crippen LogP contribution in [0.5, 0.6) is 5.75 Å². The third kappa shape index (κ3) is 3.23. The van der Waals surface area contributed by atoms with E-state index in [-0.39, 0.29) is 23.3 Å². The number of nitrogens with zero attached hydrogens (tertiary/aromatic N) is 1. The number of carbonyl (C=O) groups excluding carboxylic acids is 1. The van der Waals surface area contributed by atoms with Gasteiger partial charge in [0.15, 0.2) is 5.78 Å². The third-order valence-corrected chi connectivity index (χ3v) is 4.90. The van der Waals surface area contributed by atoms with Crippen molar-refractivity contribution in [1.82, 2.24) is 4.57 Å². The predicted molar refractivity (Wildman–Crippen MR) is 101 cm³/mol. The zero-order valence-electron chi connectivity index (χ0n) is 14.9. The number of aromatic nitrogens is 1. The van der Waals surface area contributed by atoms with Gasteiger partial charge in [0.2, 0.25) is 0 Å². The Morgan fingerprint density at radius 1 is 1.11 bits per heavy atom. The zero-order chi connectivity index (χ0) is 19.7. The lowest BCUT2D eigenvalue weighted by Crippen LogP contribution is -2.32. The van der Waals surface area contributed by atoms with Crippen molar-refractivity contribution in [3.05, 3.63) is 99.7 Å². The largest absolute Gasteiger partial charge is 0.493 e. The second kappa shape index (κ2) is 7.40. The fourth-order valence-corrected chi connectivity index (χ4v) is 3.51. The number of rotatable bonds is 3. The van der Waals surface area contributed by atoms with Gasteiger partial charge in [0.1, 0.15) is 11.6 Å². The van der Waals surface area contributed by atoms with Crippen LogP contribution in [0.15, 0.2) is 71.7 Å². The first-order valence-corrected chi connectivity index (χ1v) is 8.97. The molecule has 5 nitrogen and oxygen atoms in total. The number of halogens is 1. The molecule has 0 amide bonds. The number of aliphatic hydroxyl groups excluding tert-OH is 1. The van der Waals surface area contributed by atoms with Crippen molar-refractivity contribution in [3.8, 4) is 5.75 Å². The minimum Gasteiger partial charge on any atom is -0.493 e. The number of ether oxygens (including phenoxy) is 1. The van der Waals surface area contributed by atoms with Gasteiger partial charge < -0.3 is 14.4 Å². The van der Waals surface area contributed by atoms with Gasteiger partial charge >= 0.3 is 0 Å². The first kappa shape index (κ1) is 18.1. The van der Waals surface area contributed by atoms with Gasteiger partial charge in [0.25, 0.3) is 5.56 Å². The smallest absolute Gasteiger partial charge is 0.251 e. The summed E-state index contributed by atoms with van der Waals surface area (Å²) < 4.78 is 21.2. The Bertz CT molecular complexity index is 1090. The van der Waals surface area contributed by atoms with Crippen LogP contribution in [0.3, 0.4) is 0 Å². The van der Waals surface area contributed by atoms with Crippen molar-refractivity contribution in [1.29, 1.82) is 0 Å². The van der Waals surface area contributed by atoms with Crippen LogP contribution in [-0.4, -0.2) is 28.2 Å². The highest BCUT2D eigenvalue weighted by Crippen LogP contribution is 2.35. The van der Waals surface area contributed by atoms with Crippen LogP contribution in [-0.2, 0) is 0 Å². The average Bonchev–Trinajstić information content (AvgIpc) is 2.86. The monoisotopic (exact) mass is 379 g/mol. The molecule has 0 spiro atoms. The summed E-state index contributed by atoms with van der Waals surface area (Å²) in [5.41, 5.74) is 0.465. The number of pyridine rings is 1. The van der Waals surface area contributed by atoms with Gasteiger partial charge in [0.05, 0.1) is 24.3 Å². The number of fused-ring (bicyclic) bond motifs is 1. The van der Waals surface area contributed by atoms with Crippen molar-refractivity contribution in [2.45, 2.75) is 18.6 Å². The summed E-state index contributed by atoms with van der Waals surface area (Å²) in [5.74, 6) is -0.587. The highest BCUT2D eigenvalue weighted by molar-refractivity contribution is 6.09. The van der Waals surface area contributed by atoms with Crippen LogP contribution in [0, 0.1) is 5.82 Å². The normalized spacial score (nSPS) is 18.6. The molecule has 2 heterocycles. The van der Waals surface area contributed by atoms with Gasteiger partial charge in [-0.15, -0.1) is 0 Å². The maximum Gasteiger partial charge on any atom is 0.251 e. The second-order valence-corrected chi connectivity index (χ2v) is 6.66. The molecule has 6 heteroatoms. The van der Waals surface area contributed by atoms with E-state index in [2.05, 4.69) is 0 Å². The molecular formula is C22H18FNO4. The fraction of sp³-hybridized carbons (Fsp3) is 0.182. The molecule has 2 unspecified atom stereocenters. The molecule has 0 aliphatic carbocycles. The van der Waals surface area contributed by atoms with E-state index in [9.17, 15) is 19.1 Å². The van der Waals surface area contributed by atoms with Crippen molar-refractivity contribution in [2.24, 2.45) is 0 Å². The summed E-state index contributed by atoms with van der Waals surface area (Å²) in [6.45, 7) is 0.285. The zero-order valence-corrected chi connectivity index (χ0v) is 14.9. The quantitative estimate of drug-likeness (QED) is 0.711. The SMILES string of the molecule is O=C(c1ccc2c(c1)C(n1ccccc1=O)C(O)CCO2)c1ccccc1F. The molecule has 0 saturated carbocycles. The van der Waals surface area contributed by atoms with E-state index in [1.807, 2.05) is 0 Å². The number of carbonyl (C=O) groups is 1. The highest BCUT2D eigenvalue weighted by Gasteiger charge is 2.30. The Hall–Kier alpha value is -3.25. The topological polar surface area (TPSA) is 68.5 Å². The molecule has 0 bridgehead atoms. The number of ketones is 1. The molecule has 2 aromatic carbocycles. The summed E-state index contributed by atoms with van der Waals surface area (Å²) in [6, 6.07) is 14.6. The van der Waals surface area contributed by atoms with Crippen LogP contribution in [0.4, 0.5) is 4.39 Å². The Kier molecular flexibility index (Phi) is 4.79. The molecule has 3 aromatic rings. The van der Waals surface area contributed by atoms with Crippen molar-refractivity contribution >= 4 is 5.78 Å². The summed E-state index contributed by atoms with van der Waals surface area (Å²) in [5, 5.41) is 10.7. The van der Waals surface area contributed by atoms with E-state index in [4.69, 9.17) is 4.74 Å². The molecular weight excluding hydrogens is 361 g/mol. The molecule has 1 aliphatic heterocycles. The Morgan fingerprint density at radius 2 is 1.89 bits per heavy atom. The highest BCUT2D eigenvalue weighted by atomic mass is 19.1. The standard InChI is InChI=1S/C22H18FNO4/c23-17-6-2-1-5-15(17)22(27)14-8-9-19-16(13-14)21(18(25)10-12-28-19)24-11-4-3-7-20(24)26/h1-9,11,13,18,21,25H,10,12H2. The molecule has 0 fully saturated rings. The van der Waals surface area contributed by atoms with Crippen molar-refractivity contribution < 1.29 is 19.0 Å². The minimum absolute atomic E-state index is 0.0361. The van der Waals surface area contributed by atoms with E-state index in [1.54, 1.807) is 42.6 Å². The summed E-state index contributed by atoms with van der Waals surface area (Å²) >= 11 is 0. The number of benzene rings is 2. The summed E-state index contributed by atoms with van der Waals surface area (Å²) in [4.78, 5) is 25.2. The Labute approximate surface area is 160 Å². The van der Waals surface area contributed by atoms with Gasteiger partial charge in [0, 0.05) is 29.8 Å². The van der Waals surface area contributed by atoms with Crippen LogP contribution < -0.4 is 10.3 Å². The molecule has 28 heavy (non-hydrogen) atoms. The van der Waals surface area contributed by atoms with E-state index in [1.165, 1.54) is 28.8 Å². The molecule has 142 valence electrons. The van der Waals surface area contributed by atoms with Crippen LogP contribution in [0.25, 0.3) is 0 Å². The lowest BCUT2D eigenvalue weighted by molar-refractivity contribution is 0.103.